The molecule has 1 saturated heterocycles. The second-order valence-corrected chi connectivity index (χ2v) is 8.35. The fourth-order valence-corrected chi connectivity index (χ4v) is 4.16. The maximum atomic E-state index is 12.8. The first kappa shape index (κ1) is 22.6. The minimum atomic E-state index is -0.214. The van der Waals surface area contributed by atoms with Crippen molar-refractivity contribution in [2.75, 3.05) is 20.1 Å². The van der Waals surface area contributed by atoms with Crippen molar-refractivity contribution in [1.82, 2.24) is 30.3 Å². The molecule has 0 aromatic carbocycles. The lowest BCUT2D eigenvalue weighted by Gasteiger charge is -2.33. The molecule has 9 nitrogen and oxygen atoms in total. The van der Waals surface area contributed by atoms with E-state index in [0.29, 0.717) is 36.8 Å². The van der Waals surface area contributed by atoms with Crippen LogP contribution in [0.15, 0.2) is 35.0 Å². The van der Waals surface area contributed by atoms with Crippen LogP contribution in [-0.2, 0) is 11.2 Å². The number of aromatic nitrogens is 4. The first-order chi connectivity index (χ1) is 15.9. The van der Waals surface area contributed by atoms with Crippen LogP contribution in [0.1, 0.15) is 58.8 Å². The predicted octanol–water partition coefficient (Wildman–Crippen LogP) is 2.84. The lowest BCUT2D eigenvalue weighted by molar-refractivity contribution is -0.132. The van der Waals surface area contributed by atoms with Gasteiger partial charge in [-0.3, -0.25) is 19.6 Å². The number of likely N-dealkylation sites (tertiary alicyclic amines) is 1. The summed E-state index contributed by atoms with van der Waals surface area (Å²) in [4.78, 5) is 39.7. The van der Waals surface area contributed by atoms with Crippen LogP contribution in [0, 0.1) is 13.8 Å². The number of aryl methyl sites for hydroxylation is 3. The number of nitrogens with zero attached hydrogens (tertiary/aromatic N) is 5. The van der Waals surface area contributed by atoms with Gasteiger partial charge in [-0.25, -0.2) is 0 Å². The van der Waals surface area contributed by atoms with Gasteiger partial charge in [0, 0.05) is 62.0 Å². The second kappa shape index (κ2) is 9.89. The van der Waals surface area contributed by atoms with Gasteiger partial charge in [-0.05, 0) is 50.5 Å². The number of hydrogen-bond donors (Lipinski definition) is 1. The van der Waals surface area contributed by atoms with Crippen LogP contribution < -0.4 is 5.32 Å². The van der Waals surface area contributed by atoms with Gasteiger partial charge in [-0.15, -0.1) is 0 Å². The monoisotopic (exact) mass is 448 g/mol. The Morgan fingerprint density at radius 2 is 2.03 bits per heavy atom. The molecule has 0 aliphatic carbocycles. The lowest BCUT2D eigenvalue weighted by Crippen LogP contribution is -2.39. The summed E-state index contributed by atoms with van der Waals surface area (Å²) in [5.41, 5.74) is 4.19. The number of rotatable bonds is 6. The summed E-state index contributed by atoms with van der Waals surface area (Å²) in [6, 6.07) is 7.70. The van der Waals surface area contributed by atoms with E-state index in [1.54, 1.807) is 26.2 Å². The average molecular weight is 449 g/mol. The highest BCUT2D eigenvalue weighted by Gasteiger charge is 2.26. The Bertz CT molecular complexity index is 1140. The van der Waals surface area contributed by atoms with Crippen LogP contribution in [0.4, 0.5) is 0 Å². The molecule has 1 fully saturated rings. The fraction of sp³-hybridized carbons (Fsp3) is 0.417. The molecule has 2 amide bonds. The van der Waals surface area contributed by atoms with Gasteiger partial charge in [-0.2, -0.15) is 4.98 Å². The number of pyridine rings is 2. The van der Waals surface area contributed by atoms with E-state index in [4.69, 9.17) is 9.51 Å². The molecule has 3 aromatic rings. The number of piperidine rings is 1. The SMILES string of the molecule is CNC(=O)c1ccc(-c2cc(C)nc([C@@H]3CCCN(C(=O)CCc4nc(C)no4)C3)c2)cn1. The van der Waals surface area contributed by atoms with Crippen LogP contribution in [0.25, 0.3) is 11.1 Å². The molecule has 1 aliphatic rings. The molecule has 0 unspecified atom stereocenters. The van der Waals surface area contributed by atoms with Gasteiger partial charge in [0.25, 0.3) is 5.91 Å². The molecule has 1 atom stereocenters. The summed E-state index contributed by atoms with van der Waals surface area (Å²) >= 11 is 0. The van der Waals surface area contributed by atoms with Gasteiger partial charge >= 0.3 is 0 Å². The van der Waals surface area contributed by atoms with Gasteiger partial charge in [0.05, 0.1) is 0 Å². The highest BCUT2D eigenvalue weighted by Crippen LogP contribution is 2.30. The Morgan fingerprint density at radius 3 is 2.73 bits per heavy atom. The van der Waals surface area contributed by atoms with E-state index in [9.17, 15) is 9.59 Å². The van der Waals surface area contributed by atoms with Crippen molar-refractivity contribution >= 4 is 11.8 Å². The highest BCUT2D eigenvalue weighted by atomic mass is 16.5. The quantitative estimate of drug-likeness (QED) is 0.617. The van der Waals surface area contributed by atoms with Crippen molar-refractivity contribution in [2.45, 2.75) is 45.4 Å². The van der Waals surface area contributed by atoms with Gasteiger partial charge in [0.2, 0.25) is 11.8 Å². The number of carbonyl (C=O) groups excluding carboxylic acids is 2. The van der Waals surface area contributed by atoms with Crippen molar-refractivity contribution < 1.29 is 14.1 Å². The van der Waals surface area contributed by atoms with Crippen molar-refractivity contribution in [1.29, 1.82) is 0 Å². The van der Waals surface area contributed by atoms with E-state index in [0.717, 1.165) is 41.9 Å². The smallest absolute Gasteiger partial charge is 0.269 e. The Balaban J connectivity index is 1.46. The molecule has 0 bridgehead atoms. The summed E-state index contributed by atoms with van der Waals surface area (Å²) in [5.74, 6) is 1.13. The molecule has 33 heavy (non-hydrogen) atoms. The minimum Gasteiger partial charge on any atom is -0.354 e. The molecular formula is C24H28N6O3. The summed E-state index contributed by atoms with van der Waals surface area (Å²) < 4.78 is 5.12. The van der Waals surface area contributed by atoms with Crippen molar-refractivity contribution in [3.63, 3.8) is 0 Å². The number of hydrogen-bond acceptors (Lipinski definition) is 7. The summed E-state index contributed by atoms with van der Waals surface area (Å²) in [7, 11) is 1.58. The number of nitrogens with one attached hydrogen (secondary N) is 1. The van der Waals surface area contributed by atoms with E-state index in [2.05, 4.69) is 26.5 Å². The first-order valence-corrected chi connectivity index (χ1v) is 11.2. The van der Waals surface area contributed by atoms with Crippen molar-refractivity contribution in [3.05, 3.63) is 59.3 Å². The average Bonchev–Trinajstić information content (AvgIpc) is 3.26. The van der Waals surface area contributed by atoms with Gasteiger partial charge < -0.3 is 14.7 Å². The maximum absolute atomic E-state index is 12.8. The second-order valence-electron chi connectivity index (χ2n) is 8.35. The van der Waals surface area contributed by atoms with Crippen LogP contribution >= 0.6 is 0 Å². The predicted molar refractivity (Wildman–Crippen MR) is 122 cm³/mol. The normalized spacial score (nSPS) is 16.0. The molecule has 0 saturated carbocycles. The fourth-order valence-electron chi connectivity index (χ4n) is 4.16. The van der Waals surface area contributed by atoms with E-state index >= 15 is 0 Å². The van der Waals surface area contributed by atoms with Crippen molar-refractivity contribution in [2.24, 2.45) is 0 Å². The molecular weight excluding hydrogens is 420 g/mol. The minimum absolute atomic E-state index is 0.0948. The van der Waals surface area contributed by atoms with E-state index in [1.807, 2.05) is 24.0 Å². The Kier molecular flexibility index (Phi) is 6.76. The number of amides is 2. The van der Waals surface area contributed by atoms with E-state index < -0.39 is 0 Å². The van der Waals surface area contributed by atoms with Crippen LogP contribution in [0.2, 0.25) is 0 Å². The van der Waals surface area contributed by atoms with Crippen LogP contribution in [0.5, 0.6) is 0 Å². The molecule has 4 heterocycles. The van der Waals surface area contributed by atoms with E-state index in [1.165, 1.54) is 0 Å². The zero-order chi connectivity index (χ0) is 23.4. The third-order valence-corrected chi connectivity index (χ3v) is 5.84. The lowest BCUT2D eigenvalue weighted by atomic mass is 9.92. The van der Waals surface area contributed by atoms with Crippen molar-refractivity contribution in [3.8, 4) is 11.1 Å². The van der Waals surface area contributed by atoms with Gasteiger partial charge in [0.1, 0.15) is 5.69 Å². The summed E-state index contributed by atoms with van der Waals surface area (Å²) in [5, 5.41) is 6.35. The third-order valence-electron chi connectivity index (χ3n) is 5.84. The molecule has 1 aliphatic heterocycles. The first-order valence-electron chi connectivity index (χ1n) is 11.2. The van der Waals surface area contributed by atoms with Gasteiger partial charge in [-0.1, -0.05) is 11.2 Å². The summed E-state index contributed by atoms with van der Waals surface area (Å²) in [6.07, 6.45) is 4.43. The Hall–Kier alpha value is -3.62. The molecule has 9 heteroatoms. The van der Waals surface area contributed by atoms with E-state index in [-0.39, 0.29) is 17.7 Å². The molecule has 0 radical (unpaired) electrons. The summed E-state index contributed by atoms with van der Waals surface area (Å²) in [6.45, 7) is 5.13. The largest absolute Gasteiger partial charge is 0.354 e. The van der Waals surface area contributed by atoms with Gasteiger partial charge in [0.15, 0.2) is 5.82 Å². The maximum Gasteiger partial charge on any atom is 0.269 e. The molecule has 4 rings (SSSR count). The topological polar surface area (TPSA) is 114 Å². The molecule has 1 N–H and O–H groups in total. The zero-order valence-corrected chi connectivity index (χ0v) is 19.2. The molecule has 3 aromatic heterocycles. The Labute approximate surface area is 192 Å². The zero-order valence-electron chi connectivity index (χ0n) is 19.2. The number of carbonyl (C=O) groups is 2. The van der Waals surface area contributed by atoms with Crippen LogP contribution in [0.3, 0.4) is 0 Å². The highest BCUT2D eigenvalue weighted by molar-refractivity contribution is 5.92. The molecule has 172 valence electrons. The Morgan fingerprint density at radius 1 is 1.18 bits per heavy atom. The third kappa shape index (κ3) is 5.42. The molecule has 0 spiro atoms. The van der Waals surface area contributed by atoms with Crippen LogP contribution in [-0.4, -0.2) is 57.0 Å². The standard InChI is InChI=1S/C24H28N6O3/c1-15-11-19(17-6-7-20(26-13-17)24(32)25-3)12-21(27-15)18-5-4-10-30(14-18)23(31)9-8-22-28-16(2)29-33-22/h6-7,11-13,18H,4-5,8-10,14H2,1-3H3,(H,25,32)/t18-/m1/s1.